The van der Waals surface area contributed by atoms with Crippen molar-refractivity contribution in [2.45, 2.75) is 76.0 Å². The van der Waals surface area contributed by atoms with Crippen molar-refractivity contribution in [3.05, 3.63) is 71.9 Å². The number of aromatic amines is 1. The standard InChI is InChI=1S/C35H42N4O6/c1-35(18-26-19-36-29-10-6-5-9-28(26)29,39-34(44)45-32-24-12-22-11-23(14-24)15-25(32)13-22)33(43)38-27(16-21-7-3-2-4-8-21)20-37-30(40)17-31(41)42/h2-10,19,22-25,27,32,36H,11-18,20H2,1H3,(H,37,40)(H,38,43)(H,39,44)(H,41,42)/t22?,23?,24?,25?,27-,32?,35+/m1/s1. The van der Waals surface area contributed by atoms with E-state index in [1.807, 2.05) is 60.8 Å². The molecule has 1 heterocycles. The Morgan fingerprint density at radius 1 is 0.956 bits per heavy atom. The topological polar surface area (TPSA) is 150 Å². The zero-order valence-electron chi connectivity index (χ0n) is 25.6. The lowest BCUT2D eigenvalue weighted by atomic mass is 9.55. The summed E-state index contributed by atoms with van der Waals surface area (Å²) in [4.78, 5) is 54.3. The minimum absolute atomic E-state index is 0.0220. The molecule has 1 aromatic heterocycles. The average Bonchev–Trinajstić information content (AvgIpc) is 3.39. The molecule has 2 aromatic carbocycles. The highest BCUT2D eigenvalue weighted by Gasteiger charge is 2.50. The minimum atomic E-state index is -1.39. The number of fused-ring (bicyclic) bond motifs is 1. The molecule has 2 atom stereocenters. The van der Waals surface area contributed by atoms with Crippen LogP contribution >= 0.6 is 0 Å². The van der Waals surface area contributed by atoms with E-state index >= 15 is 0 Å². The number of aliphatic carboxylic acids is 1. The van der Waals surface area contributed by atoms with Gasteiger partial charge >= 0.3 is 12.1 Å². The molecule has 5 N–H and O–H groups in total. The molecule has 0 saturated heterocycles. The summed E-state index contributed by atoms with van der Waals surface area (Å²) in [5.41, 5.74) is 1.33. The molecule has 7 rings (SSSR count). The van der Waals surface area contributed by atoms with Crippen LogP contribution in [-0.2, 0) is 32.0 Å². The summed E-state index contributed by atoms with van der Waals surface area (Å²) in [6.45, 7) is 1.72. The number of benzene rings is 2. The molecule has 10 nitrogen and oxygen atoms in total. The lowest BCUT2D eigenvalue weighted by Crippen LogP contribution is -2.62. The number of amides is 3. The van der Waals surface area contributed by atoms with Gasteiger partial charge in [-0.15, -0.1) is 0 Å². The van der Waals surface area contributed by atoms with Crippen LogP contribution in [0.5, 0.6) is 0 Å². The Hall–Kier alpha value is -4.34. The highest BCUT2D eigenvalue weighted by Crippen LogP contribution is 2.54. The van der Waals surface area contributed by atoms with Crippen LogP contribution in [0.3, 0.4) is 0 Å². The summed E-state index contributed by atoms with van der Waals surface area (Å²) in [7, 11) is 0. The maximum atomic E-state index is 14.2. The van der Waals surface area contributed by atoms with E-state index in [9.17, 15) is 19.2 Å². The Morgan fingerprint density at radius 2 is 1.62 bits per heavy atom. The number of carboxylic acids is 1. The number of hydrogen-bond acceptors (Lipinski definition) is 5. The summed E-state index contributed by atoms with van der Waals surface area (Å²) >= 11 is 0. The molecule has 45 heavy (non-hydrogen) atoms. The van der Waals surface area contributed by atoms with Crippen LogP contribution in [0.1, 0.15) is 56.6 Å². The van der Waals surface area contributed by atoms with Crippen LogP contribution in [0.2, 0.25) is 0 Å². The van der Waals surface area contributed by atoms with Gasteiger partial charge in [0.05, 0.1) is 6.04 Å². The Kier molecular flexibility index (Phi) is 8.83. The monoisotopic (exact) mass is 614 g/mol. The second kappa shape index (κ2) is 12.9. The predicted octanol–water partition coefficient (Wildman–Crippen LogP) is 4.34. The Morgan fingerprint density at radius 3 is 2.31 bits per heavy atom. The van der Waals surface area contributed by atoms with Gasteiger partial charge in [0.15, 0.2) is 0 Å². The van der Waals surface area contributed by atoms with Crippen molar-refractivity contribution in [2.24, 2.45) is 23.7 Å². The number of rotatable bonds is 12. The number of carbonyl (C=O) groups excluding carboxylic acids is 3. The highest BCUT2D eigenvalue weighted by molar-refractivity contribution is 5.94. The third-order valence-electron chi connectivity index (χ3n) is 10.00. The molecular formula is C35H42N4O6. The third kappa shape index (κ3) is 7.16. The van der Waals surface area contributed by atoms with Crippen LogP contribution in [0.4, 0.5) is 4.79 Å². The number of hydrogen-bond donors (Lipinski definition) is 5. The summed E-state index contributed by atoms with van der Waals surface area (Å²) in [6, 6.07) is 16.7. The summed E-state index contributed by atoms with van der Waals surface area (Å²) in [5.74, 6) is -0.0614. The molecule has 0 radical (unpaired) electrons. The van der Waals surface area contributed by atoms with E-state index in [2.05, 4.69) is 20.9 Å². The molecule has 4 saturated carbocycles. The van der Waals surface area contributed by atoms with Crippen molar-refractivity contribution < 1.29 is 29.0 Å². The first-order valence-electron chi connectivity index (χ1n) is 16.0. The molecule has 10 heteroatoms. The molecule has 238 valence electrons. The second-order valence-electron chi connectivity index (χ2n) is 13.5. The molecule has 0 spiro atoms. The Bertz CT molecular complexity index is 1530. The van der Waals surface area contributed by atoms with E-state index in [1.54, 1.807) is 6.92 Å². The number of aromatic nitrogens is 1. The van der Waals surface area contributed by atoms with Gasteiger partial charge in [-0.2, -0.15) is 0 Å². The maximum Gasteiger partial charge on any atom is 0.408 e. The van der Waals surface area contributed by atoms with E-state index in [0.29, 0.717) is 18.3 Å². The third-order valence-corrected chi connectivity index (χ3v) is 10.00. The van der Waals surface area contributed by atoms with Crippen molar-refractivity contribution in [1.82, 2.24) is 20.9 Å². The van der Waals surface area contributed by atoms with Crippen LogP contribution in [-0.4, -0.2) is 58.2 Å². The largest absolute Gasteiger partial charge is 0.481 e. The lowest BCUT2D eigenvalue weighted by Gasteiger charge is -2.53. The van der Waals surface area contributed by atoms with Crippen molar-refractivity contribution in [3.8, 4) is 0 Å². The fraction of sp³-hybridized carbons (Fsp3) is 0.486. The van der Waals surface area contributed by atoms with Crippen molar-refractivity contribution in [3.63, 3.8) is 0 Å². The Balaban J connectivity index is 1.21. The SMILES string of the molecule is C[C@@](Cc1c[nH]c2ccccc12)(NC(=O)OC1C2CC3CC(C2)CC1C3)C(=O)N[C@@H](CNC(=O)CC(=O)O)Cc1ccccc1. The van der Waals surface area contributed by atoms with Gasteiger partial charge < -0.3 is 30.8 Å². The van der Waals surface area contributed by atoms with Crippen molar-refractivity contribution in [2.75, 3.05) is 6.54 Å². The van der Waals surface area contributed by atoms with Crippen molar-refractivity contribution in [1.29, 1.82) is 0 Å². The van der Waals surface area contributed by atoms with Gasteiger partial charge in [0.2, 0.25) is 11.8 Å². The summed E-state index contributed by atoms with van der Waals surface area (Å²) in [5, 5.41) is 18.6. The van der Waals surface area contributed by atoms with E-state index in [4.69, 9.17) is 9.84 Å². The molecule has 0 unspecified atom stereocenters. The molecule has 3 amide bonds. The van der Waals surface area contributed by atoms with E-state index < -0.39 is 41.9 Å². The van der Waals surface area contributed by atoms with Gasteiger partial charge in [-0.25, -0.2) is 4.79 Å². The first-order chi connectivity index (χ1) is 21.6. The van der Waals surface area contributed by atoms with Gasteiger partial charge in [0.25, 0.3) is 0 Å². The smallest absolute Gasteiger partial charge is 0.408 e. The molecule has 0 aliphatic heterocycles. The highest BCUT2D eigenvalue weighted by atomic mass is 16.6. The fourth-order valence-corrected chi connectivity index (χ4v) is 8.14. The average molecular weight is 615 g/mol. The van der Waals surface area contributed by atoms with Crippen LogP contribution in [0, 0.1) is 23.7 Å². The van der Waals surface area contributed by atoms with E-state index in [0.717, 1.165) is 59.5 Å². The second-order valence-corrected chi connectivity index (χ2v) is 13.5. The van der Waals surface area contributed by atoms with Crippen LogP contribution in [0.15, 0.2) is 60.8 Å². The minimum Gasteiger partial charge on any atom is -0.481 e. The molecule has 4 aliphatic rings. The quantitative estimate of drug-likeness (QED) is 0.192. The molecule has 3 aromatic rings. The zero-order valence-corrected chi connectivity index (χ0v) is 25.6. The number of para-hydroxylation sites is 1. The summed E-state index contributed by atoms with van der Waals surface area (Å²) in [6.07, 6.45) is 6.77. The predicted molar refractivity (Wildman–Crippen MR) is 168 cm³/mol. The lowest BCUT2D eigenvalue weighted by molar-refractivity contribution is -0.141. The number of H-pyrrole nitrogens is 1. The number of nitrogens with one attached hydrogen (secondary N) is 4. The fourth-order valence-electron chi connectivity index (χ4n) is 8.14. The van der Waals surface area contributed by atoms with Crippen molar-refractivity contribution >= 4 is 34.8 Å². The van der Waals surface area contributed by atoms with E-state index in [-0.39, 0.29) is 19.1 Å². The van der Waals surface area contributed by atoms with Gasteiger partial charge in [-0.05, 0) is 86.3 Å². The normalized spacial score (nSPS) is 25.2. The molecular weight excluding hydrogens is 572 g/mol. The number of alkyl carbamates (subject to hydrolysis) is 1. The molecule has 4 aliphatic carbocycles. The maximum absolute atomic E-state index is 14.2. The van der Waals surface area contributed by atoms with Gasteiger partial charge in [0, 0.05) is 30.1 Å². The molecule has 4 fully saturated rings. The van der Waals surface area contributed by atoms with Gasteiger partial charge in [-0.1, -0.05) is 48.5 Å². The van der Waals surface area contributed by atoms with Crippen LogP contribution < -0.4 is 16.0 Å². The zero-order chi connectivity index (χ0) is 31.6. The number of carboxylic acid groups (broad SMARTS) is 1. The van der Waals surface area contributed by atoms with Gasteiger partial charge in [0.1, 0.15) is 18.1 Å². The Labute approximate surface area is 262 Å². The van der Waals surface area contributed by atoms with E-state index in [1.165, 1.54) is 6.42 Å². The number of carbonyl (C=O) groups is 4. The summed E-state index contributed by atoms with van der Waals surface area (Å²) < 4.78 is 6.15. The first-order valence-corrected chi connectivity index (χ1v) is 16.0. The number of ether oxygens (including phenoxy) is 1. The first kappa shape index (κ1) is 30.7. The molecule has 4 bridgehead atoms. The van der Waals surface area contributed by atoms with Crippen LogP contribution in [0.25, 0.3) is 10.9 Å². The van der Waals surface area contributed by atoms with Gasteiger partial charge in [-0.3, -0.25) is 14.4 Å².